The predicted octanol–water partition coefficient (Wildman–Crippen LogP) is 1.94. The SMILES string of the molecule is CCc1ccc(C(C=N)CN)cc1. The van der Waals surface area contributed by atoms with Crippen LogP contribution in [0.1, 0.15) is 24.0 Å². The minimum absolute atomic E-state index is 0.0749. The van der Waals surface area contributed by atoms with Crippen LogP contribution in [0.3, 0.4) is 0 Å². The van der Waals surface area contributed by atoms with Crippen LogP contribution in [-0.4, -0.2) is 12.8 Å². The molecule has 70 valence electrons. The number of benzene rings is 1. The number of hydrogen-bond donors (Lipinski definition) is 2. The summed E-state index contributed by atoms with van der Waals surface area (Å²) < 4.78 is 0. The molecule has 1 unspecified atom stereocenters. The van der Waals surface area contributed by atoms with E-state index in [1.807, 2.05) is 0 Å². The second-order valence-corrected chi connectivity index (χ2v) is 3.10. The molecule has 0 aliphatic rings. The fraction of sp³-hybridized carbons (Fsp3) is 0.364. The van der Waals surface area contributed by atoms with Crippen LogP contribution in [0.5, 0.6) is 0 Å². The minimum Gasteiger partial charge on any atom is -0.329 e. The predicted molar refractivity (Wildman–Crippen MR) is 56.4 cm³/mol. The van der Waals surface area contributed by atoms with Crippen molar-refractivity contribution >= 4 is 6.21 Å². The van der Waals surface area contributed by atoms with E-state index in [-0.39, 0.29) is 5.92 Å². The lowest BCUT2D eigenvalue weighted by Crippen LogP contribution is -2.13. The van der Waals surface area contributed by atoms with Gasteiger partial charge in [0.25, 0.3) is 0 Å². The van der Waals surface area contributed by atoms with E-state index in [9.17, 15) is 0 Å². The van der Waals surface area contributed by atoms with Crippen molar-refractivity contribution in [1.82, 2.24) is 0 Å². The van der Waals surface area contributed by atoms with Gasteiger partial charge in [-0.25, -0.2) is 0 Å². The Hall–Kier alpha value is -1.15. The highest BCUT2D eigenvalue weighted by molar-refractivity contribution is 5.65. The maximum Gasteiger partial charge on any atom is 0.0309 e. The van der Waals surface area contributed by atoms with E-state index in [0.29, 0.717) is 6.54 Å². The summed E-state index contributed by atoms with van der Waals surface area (Å²) in [5.41, 5.74) is 7.99. The van der Waals surface area contributed by atoms with Gasteiger partial charge in [0.2, 0.25) is 0 Å². The van der Waals surface area contributed by atoms with E-state index in [2.05, 4.69) is 31.2 Å². The lowest BCUT2D eigenvalue weighted by atomic mass is 9.99. The Labute approximate surface area is 79.3 Å². The lowest BCUT2D eigenvalue weighted by molar-refractivity contribution is 0.898. The largest absolute Gasteiger partial charge is 0.329 e. The standard InChI is InChI=1S/C11H16N2/c1-2-9-3-5-10(6-4-9)11(7-12)8-13/h3-7,11-12H,2,8,13H2,1H3. The zero-order valence-electron chi connectivity index (χ0n) is 7.96. The van der Waals surface area contributed by atoms with E-state index in [1.54, 1.807) is 0 Å². The normalized spacial score (nSPS) is 12.5. The van der Waals surface area contributed by atoms with Crippen LogP contribution in [0.25, 0.3) is 0 Å². The Kier molecular flexibility index (Phi) is 3.65. The first-order chi connectivity index (χ1) is 6.31. The first kappa shape index (κ1) is 9.93. The molecule has 0 saturated carbocycles. The molecule has 1 aromatic rings. The molecule has 2 heteroatoms. The average molecular weight is 176 g/mol. The highest BCUT2D eigenvalue weighted by Gasteiger charge is 2.04. The molecule has 1 aromatic carbocycles. The molecule has 0 aliphatic heterocycles. The summed E-state index contributed by atoms with van der Waals surface area (Å²) in [6, 6.07) is 8.31. The highest BCUT2D eigenvalue weighted by atomic mass is 14.6. The summed E-state index contributed by atoms with van der Waals surface area (Å²) in [6.45, 7) is 2.64. The van der Waals surface area contributed by atoms with E-state index >= 15 is 0 Å². The van der Waals surface area contributed by atoms with E-state index in [4.69, 9.17) is 11.1 Å². The van der Waals surface area contributed by atoms with Crippen molar-refractivity contribution in [1.29, 1.82) is 5.41 Å². The first-order valence-electron chi connectivity index (χ1n) is 4.61. The third kappa shape index (κ3) is 2.39. The van der Waals surface area contributed by atoms with Crippen LogP contribution in [0.2, 0.25) is 0 Å². The van der Waals surface area contributed by atoms with Crippen molar-refractivity contribution in [3.05, 3.63) is 35.4 Å². The third-order valence-electron chi connectivity index (χ3n) is 2.27. The fourth-order valence-electron chi connectivity index (χ4n) is 1.30. The van der Waals surface area contributed by atoms with Gasteiger partial charge in [0, 0.05) is 18.7 Å². The quantitative estimate of drug-likeness (QED) is 0.677. The molecule has 0 amide bonds. The van der Waals surface area contributed by atoms with Gasteiger partial charge in [-0.05, 0) is 17.5 Å². The van der Waals surface area contributed by atoms with Crippen LogP contribution < -0.4 is 5.73 Å². The summed E-state index contributed by atoms with van der Waals surface area (Å²) in [5, 5.41) is 7.19. The van der Waals surface area contributed by atoms with Gasteiger partial charge in [-0.3, -0.25) is 0 Å². The highest BCUT2D eigenvalue weighted by Crippen LogP contribution is 2.13. The fourth-order valence-corrected chi connectivity index (χ4v) is 1.30. The zero-order valence-corrected chi connectivity index (χ0v) is 7.96. The zero-order chi connectivity index (χ0) is 9.68. The van der Waals surface area contributed by atoms with Crippen LogP contribution in [0, 0.1) is 5.41 Å². The topological polar surface area (TPSA) is 49.9 Å². The van der Waals surface area contributed by atoms with Gasteiger partial charge in [-0.2, -0.15) is 0 Å². The molecule has 0 radical (unpaired) electrons. The number of rotatable bonds is 4. The van der Waals surface area contributed by atoms with Gasteiger partial charge in [0.1, 0.15) is 0 Å². The van der Waals surface area contributed by atoms with Crippen molar-refractivity contribution in [3.63, 3.8) is 0 Å². The molecule has 2 nitrogen and oxygen atoms in total. The molecular weight excluding hydrogens is 160 g/mol. The Bertz CT molecular complexity index is 264. The molecule has 1 rings (SSSR count). The van der Waals surface area contributed by atoms with Gasteiger partial charge < -0.3 is 11.1 Å². The van der Waals surface area contributed by atoms with Crippen LogP contribution in [0.4, 0.5) is 0 Å². The lowest BCUT2D eigenvalue weighted by Gasteiger charge is -2.09. The van der Waals surface area contributed by atoms with Gasteiger partial charge in [0.15, 0.2) is 0 Å². The number of aryl methyl sites for hydroxylation is 1. The maximum atomic E-state index is 7.19. The van der Waals surface area contributed by atoms with Crippen molar-refractivity contribution < 1.29 is 0 Å². The molecule has 0 aliphatic carbocycles. The molecule has 3 N–H and O–H groups in total. The van der Waals surface area contributed by atoms with Crippen LogP contribution in [-0.2, 0) is 6.42 Å². The molecular formula is C11H16N2. The van der Waals surface area contributed by atoms with Crippen molar-refractivity contribution in [3.8, 4) is 0 Å². The Morgan fingerprint density at radius 2 is 2.00 bits per heavy atom. The summed E-state index contributed by atoms with van der Waals surface area (Å²) in [5.74, 6) is 0.0749. The van der Waals surface area contributed by atoms with Gasteiger partial charge in [-0.15, -0.1) is 0 Å². The summed E-state index contributed by atoms with van der Waals surface area (Å²) >= 11 is 0. The minimum atomic E-state index is 0.0749. The monoisotopic (exact) mass is 176 g/mol. The second kappa shape index (κ2) is 4.77. The molecule has 0 aromatic heterocycles. The Morgan fingerprint density at radius 3 is 2.38 bits per heavy atom. The van der Waals surface area contributed by atoms with Gasteiger partial charge >= 0.3 is 0 Å². The molecule has 0 heterocycles. The van der Waals surface area contributed by atoms with Crippen molar-refractivity contribution in [2.75, 3.05) is 6.54 Å². The number of nitrogens with two attached hydrogens (primary N) is 1. The number of hydrogen-bond acceptors (Lipinski definition) is 2. The average Bonchev–Trinajstić information content (AvgIpc) is 2.21. The number of nitrogens with one attached hydrogen (secondary N) is 1. The summed E-state index contributed by atoms with van der Waals surface area (Å²) in [7, 11) is 0. The van der Waals surface area contributed by atoms with Gasteiger partial charge in [0.05, 0.1) is 0 Å². The van der Waals surface area contributed by atoms with Crippen molar-refractivity contribution in [2.45, 2.75) is 19.3 Å². The van der Waals surface area contributed by atoms with Crippen LogP contribution in [0.15, 0.2) is 24.3 Å². The van der Waals surface area contributed by atoms with E-state index in [0.717, 1.165) is 12.0 Å². The third-order valence-corrected chi connectivity index (χ3v) is 2.27. The Balaban J connectivity index is 2.83. The van der Waals surface area contributed by atoms with Crippen molar-refractivity contribution in [2.24, 2.45) is 5.73 Å². The van der Waals surface area contributed by atoms with Crippen LogP contribution >= 0.6 is 0 Å². The molecule has 13 heavy (non-hydrogen) atoms. The van der Waals surface area contributed by atoms with Gasteiger partial charge in [-0.1, -0.05) is 31.2 Å². The molecule has 0 fully saturated rings. The molecule has 0 saturated heterocycles. The molecule has 0 spiro atoms. The smallest absolute Gasteiger partial charge is 0.0309 e. The summed E-state index contributed by atoms with van der Waals surface area (Å²) in [4.78, 5) is 0. The Morgan fingerprint density at radius 1 is 1.38 bits per heavy atom. The first-order valence-corrected chi connectivity index (χ1v) is 4.61. The maximum absolute atomic E-state index is 7.19. The second-order valence-electron chi connectivity index (χ2n) is 3.10. The summed E-state index contributed by atoms with van der Waals surface area (Å²) in [6.07, 6.45) is 2.46. The van der Waals surface area contributed by atoms with E-state index < -0.39 is 0 Å². The van der Waals surface area contributed by atoms with E-state index in [1.165, 1.54) is 11.8 Å². The molecule has 0 bridgehead atoms. The molecule has 1 atom stereocenters.